The zero-order chi connectivity index (χ0) is 12.5. The first-order valence-electron chi connectivity index (χ1n) is 5.57. The zero-order valence-corrected chi connectivity index (χ0v) is 10.2. The molecular formula is C13H11ClO4. The molecule has 94 valence electrons. The molecular weight excluding hydrogens is 256 g/mol. The highest BCUT2D eigenvalue weighted by atomic mass is 35.5. The lowest BCUT2D eigenvalue weighted by Gasteiger charge is -2.19. The highest BCUT2D eigenvalue weighted by Gasteiger charge is 2.18. The van der Waals surface area contributed by atoms with Crippen molar-refractivity contribution in [3.05, 3.63) is 46.9 Å². The minimum absolute atomic E-state index is 0.251. The van der Waals surface area contributed by atoms with Gasteiger partial charge < -0.3 is 19.0 Å². The Kier molecular flexibility index (Phi) is 2.89. The largest absolute Gasteiger partial charge is 0.486 e. The van der Waals surface area contributed by atoms with Crippen molar-refractivity contribution in [1.82, 2.24) is 0 Å². The highest BCUT2D eigenvalue weighted by molar-refractivity contribution is 6.28. The molecule has 0 bridgehead atoms. The van der Waals surface area contributed by atoms with Gasteiger partial charge in [0.15, 0.2) is 16.7 Å². The van der Waals surface area contributed by atoms with E-state index in [1.54, 1.807) is 30.3 Å². The molecule has 2 aromatic rings. The molecule has 5 heteroatoms. The van der Waals surface area contributed by atoms with E-state index in [0.717, 1.165) is 0 Å². The summed E-state index contributed by atoms with van der Waals surface area (Å²) in [5.74, 6) is 1.72. The highest BCUT2D eigenvalue weighted by Crippen LogP contribution is 2.34. The molecule has 1 aliphatic heterocycles. The molecule has 0 radical (unpaired) electrons. The summed E-state index contributed by atoms with van der Waals surface area (Å²) in [6, 6.07) is 8.53. The van der Waals surface area contributed by atoms with E-state index in [-0.39, 0.29) is 5.22 Å². The number of furan rings is 1. The maximum atomic E-state index is 10.2. The van der Waals surface area contributed by atoms with Gasteiger partial charge in [-0.1, -0.05) is 6.07 Å². The number of halogens is 1. The number of aliphatic hydroxyl groups excluding tert-OH is 1. The SMILES string of the molecule is OC(c1ccc2c(c1)OCCO2)c1ccc(Cl)o1. The van der Waals surface area contributed by atoms with Gasteiger partial charge in [-0.15, -0.1) is 0 Å². The van der Waals surface area contributed by atoms with E-state index in [1.807, 2.05) is 0 Å². The van der Waals surface area contributed by atoms with Crippen LogP contribution in [0.15, 0.2) is 34.7 Å². The van der Waals surface area contributed by atoms with Crippen LogP contribution in [-0.4, -0.2) is 18.3 Å². The minimum atomic E-state index is -0.867. The predicted octanol–water partition coefficient (Wildman–Crippen LogP) is 2.79. The first kappa shape index (κ1) is 11.4. The molecule has 0 aliphatic carbocycles. The van der Waals surface area contributed by atoms with E-state index in [1.165, 1.54) is 0 Å². The number of rotatable bonds is 2. The molecule has 1 N–H and O–H groups in total. The number of hydrogen-bond acceptors (Lipinski definition) is 4. The van der Waals surface area contributed by atoms with Crippen LogP contribution in [0.1, 0.15) is 17.4 Å². The van der Waals surface area contributed by atoms with Crippen molar-refractivity contribution in [3.8, 4) is 11.5 Å². The molecule has 1 aliphatic rings. The molecule has 1 atom stereocenters. The molecule has 4 nitrogen and oxygen atoms in total. The van der Waals surface area contributed by atoms with Crippen molar-refractivity contribution < 1.29 is 19.0 Å². The molecule has 0 spiro atoms. The average molecular weight is 267 g/mol. The number of fused-ring (bicyclic) bond motifs is 1. The van der Waals surface area contributed by atoms with Crippen LogP contribution in [0.4, 0.5) is 0 Å². The summed E-state index contributed by atoms with van der Waals surface area (Å²) in [5.41, 5.74) is 0.672. The van der Waals surface area contributed by atoms with Gasteiger partial charge in [0.2, 0.25) is 0 Å². The lowest BCUT2D eigenvalue weighted by Crippen LogP contribution is -2.15. The Morgan fingerprint density at radius 1 is 1.06 bits per heavy atom. The summed E-state index contributed by atoms with van der Waals surface area (Å²) >= 11 is 5.68. The Bertz CT molecular complexity index is 564. The standard InChI is InChI=1S/C13H11ClO4/c14-12-4-3-10(18-12)13(15)8-1-2-9-11(7-8)17-6-5-16-9/h1-4,7,13,15H,5-6H2. The topological polar surface area (TPSA) is 51.8 Å². The molecule has 1 aromatic heterocycles. The van der Waals surface area contributed by atoms with Gasteiger partial charge in [-0.3, -0.25) is 0 Å². The van der Waals surface area contributed by atoms with Crippen LogP contribution in [0.2, 0.25) is 5.22 Å². The van der Waals surface area contributed by atoms with Crippen LogP contribution in [0.5, 0.6) is 11.5 Å². The Labute approximate surface area is 109 Å². The van der Waals surface area contributed by atoms with E-state index in [4.69, 9.17) is 25.5 Å². The molecule has 0 saturated carbocycles. The maximum absolute atomic E-state index is 10.2. The van der Waals surface area contributed by atoms with Crippen molar-refractivity contribution >= 4 is 11.6 Å². The lowest BCUT2D eigenvalue weighted by atomic mass is 10.1. The van der Waals surface area contributed by atoms with E-state index in [0.29, 0.717) is 36.0 Å². The van der Waals surface area contributed by atoms with E-state index in [9.17, 15) is 5.11 Å². The van der Waals surface area contributed by atoms with E-state index >= 15 is 0 Å². The molecule has 18 heavy (non-hydrogen) atoms. The normalized spacial score (nSPS) is 15.4. The van der Waals surface area contributed by atoms with Gasteiger partial charge in [-0.05, 0) is 41.4 Å². The Morgan fingerprint density at radius 2 is 1.83 bits per heavy atom. The fraction of sp³-hybridized carbons (Fsp3) is 0.231. The van der Waals surface area contributed by atoms with E-state index < -0.39 is 6.10 Å². The van der Waals surface area contributed by atoms with Crippen LogP contribution < -0.4 is 9.47 Å². The number of ether oxygens (including phenoxy) is 2. The maximum Gasteiger partial charge on any atom is 0.193 e. The van der Waals surface area contributed by atoms with Crippen LogP contribution in [-0.2, 0) is 0 Å². The Morgan fingerprint density at radius 3 is 2.56 bits per heavy atom. The molecule has 0 fully saturated rings. The first-order valence-corrected chi connectivity index (χ1v) is 5.95. The summed E-state index contributed by atoms with van der Waals surface area (Å²) in [6.07, 6.45) is -0.867. The average Bonchev–Trinajstić information content (AvgIpc) is 2.84. The number of hydrogen-bond donors (Lipinski definition) is 1. The quantitative estimate of drug-likeness (QED) is 0.908. The van der Waals surface area contributed by atoms with Gasteiger partial charge in [0, 0.05) is 0 Å². The van der Waals surface area contributed by atoms with Gasteiger partial charge >= 0.3 is 0 Å². The second kappa shape index (κ2) is 4.55. The zero-order valence-electron chi connectivity index (χ0n) is 9.43. The summed E-state index contributed by atoms with van der Waals surface area (Å²) in [7, 11) is 0. The molecule has 0 amide bonds. The second-order valence-electron chi connectivity index (χ2n) is 3.95. The summed E-state index contributed by atoms with van der Waals surface area (Å²) in [6.45, 7) is 1.06. The minimum Gasteiger partial charge on any atom is -0.486 e. The lowest BCUT2D eigenvalue weighted by molar-refractivity contribution is 0.167. The third-order valence-electron chi connectivity index (χ3n) is 2.75. The fourth-order valence-electron chi connectivity index (χ4n) is 1.87. The Balaban J connectivity index is 1.92. The third-order valence-corrected chi connectivity index (χ3v) is 2.95. The fourth-order valence-corrected chi connectivity index (χ4v) is 2.02. The second-order valence-corrected chi connectivity index (χ2v) is 4.32. The molecule has 3 rings (SSSR count). The van der Waals surface area contributed by atoms with Crippen molar-refractivity contribution in [2.75, 3.05) is 13.2 Å². The van der Waals surface area contributed by atoms with Crippen molar-refractivity contribution in [2.45, 2.75) is 6.10 Å². The van der Waals surface area contributed by atoms with Gasteiger partial charge in [0.25, 0.3) is 0 Å². The molecule has 2 heterocycles. The number of aliphatic hydroxyl groups is 1. The van der Waals surface area contributed by atoms with Crippen LogP contribution in [0.3, 0.4) is 0 Å². The molecule has 1 unspecified atom stereocenters. The monoisotopic (exact) mass is 266 g/mol. The summed E-state index contributed by atoms with van der Waals surface area (Å²) in [5, 5.41) is 10.4. The van der Waals surface area contributed by atoms with E-state index in [2.05, 4.69) is 0 Å². The first-order chi connectivity index (χ1) is 8.74. The predicted molar refractivity (Wildman–Crippen MR) is 65.2 cm³/mol. The third kappa shape index (κ3) is 2.05. The van der Waals surface area contributed by atoms with Gasteiger partial charge in [-0.2, -0.15) is 0 Å². The van der Waals surface area contributed by atoms with Crippen LogP contribution >= 0.6 is 11.6 Å². The van der Waals surface area contributed by atoms with Crippen LogP contribution in [0.25, 0.3) is 0 Å². The number of benzene rings is 1. The molecule has 0 saturated heterocycles. The Hall–Kier alpha value is -1.65. The summed E-state index contributed by atoms with van der Waals surface area (Å²) in [4.78, 5) is 0. The summed E-state index contributed by atoms with van der Waals surface area (Å²) < 4.78 is 16.1. The molecule has 1 aromatic carbocycles. The van der Waals surface area contributed by atoms with Crippen molar-refractivity contribution in [3.63, 3.8) is 0 Å². The van der Waals surface area contributed by atoms with Crippen LogP contribution in [0, 0.1) is 0 Å². The van der Waals surface area contributed by atoms with Gasteiger partial charge in [-0.25, -0.2) is 0 Å². The van der Waals surface area contributed by atoms with Gasteiger partial charge in [0.1, 0.15) is 25.1 Å². The van der Waals surface area contributed by atoms with Crippen molar-refractivity contribution in [2.24, 2.45) is 0 Å². The van der Waals surface area contributed by atoms with Crippen molar-refractivity contribution in [1.29, 1.82) is 0 Å². The smallest absolute Gasteiger partial charge is 0.193 e. The van der Waals surface area contributed by atoms with Gasteiger partial charge in [0.05, 0.1) is 0 Å².